The molecule has 2 heterocycles. The molecule has 0 amide bonds. The molecule has 0 radical (unpaired) electrons. The van der Waals surface area contributed by atoms with Gasteiger partial charge in [-0.1, -0.05) is 135 Å². The molecule has 44 heavy (non-hydrogen) atoms. The summed E-state index contributed by atoms with van der Waals surface area (Å²) in [6, 6.07) is 50.3. The zero-order valence-electron chi connectivity index (χ0n) is 24.8. The van der Waals surface area contributed by atoms with Gasteiger partial charge in [-0.05, 0) is 45.7 Å². The van der Waals surface area contributed by atoms with Gasteiger partial charge >= 0.3 is 0 Å². The molecule has 2 aliphatic rings. The van der Waals surface area contributed by atoms with E-state index in [1.54, 1.807) is 0 Å². The number of nitrogens with zero attached hydrogens (tertiary/aromatic N) is 2. The van der Waals surface area contributed by atoms with E-state index >= 15 is 0 Å². The fourth-order valence-corrected chi connectivity index (χ4v) is 7.39. The fourth-order valence-electron chi connectivity index (χ4n) is 7.39. The van der Waals surface area contributed by atoms with Gasteiger partial charge in [-0.2, -0.15) is 0 Å². The summed E-state index contributed by atoms with van der Waals surface area (Å²) in [6.07, 6.45) is -0.200. The zero-order valence-corrected chi connectivity index (χ0v) is 24.8. The SMILES string of the molecule is CC1(C)C2=C(N=C(c3ccc(-c4ccccc4)cc3)C(n3c4ccccc4c4cc5ccccc5cc43)N2)c2ccccc21. The minimum Gasteiger partial charge on any atom is -0.361 e. The number of hydrogen-bond donors (Lipinski definition) is 1. The smallest absolute Gasteiger partial charge is 0.148 e. The highest BCUT2D eigenvalue weighted by Gasteiger charge is 2.43. The number of nitrogens with one attached hydrogen (secondary N) is 1. The quantitative estimate of drug-likeness (QED) is 0.227. The van der Waals surface area contributed by atoms with Gasteiger partial charge in [0.1, 0.15) is 6.17 Å². The van der Waals surface area contributed by atoms with Crippen molar-refractivity contribution in [2.45, 2.75) is 25.4 Å². The molecule has 7 aromatic rings. The summed E-state index contributed by atoms with van der Waals surface area (Å²) in [6.45, 7) is 4.62. The van der Waals surface area contributed by atoms with Crippen LogP contribution in [0.3, 0.4) is 0 Å². The normalized spacial score (nSPS) is 17.0. The van der Waals surface area contributed by atoms with E-state index in [0.717, 1.165) is 17.0 Å². The van der Waals surface area contributed by atoms with Crippen molar-refractivity contribution in [3.63, 3.8) is 0 Å². The molecule has 0 fully saturated rings. The summed E-state index contributed by atoms with van der Waals surface area (Å²) in [4.78, 5) is 5.58. The Balaban J connectivity index is 1.30. The first-order valence-corrected chi connectivity index (χ1v) is 15.3. The molecule has 0 saturated heterocycles. The molecule has 3 nitrogen and oxygen atoms in total. The third-order valence-corrected chi connectivity index (χ3v) is 9.61. The van der Waals surface area contributed by atoms with Crippen LogP contribution in [-0.4, -0.2) is 10.3 Å². The minimum absolute atomic E-state index is 0.193. The monoisotopic (exact) mass is 565 g/mol. The molecule has 1 aromatic heterocycles. The van der Waals surface area contributed by atoms with E-state index in [4.69, 9.17) is 4.99 Å². The van der Waals surface area contributed by atoms with Crippen molar-refractivity contribution in [3.05, 3.63) is 162 Å². The zero-order chi connectivity index (χ0) is 29.4. The Morgan fingerprint density at radius 3 is 2.05 bits per heavy atom. The average molecular weight is 566 g/mol. The maximum atomic E-state index is 5.58. The van der Waals surface area contributed by atoms with Crippen LogP contribution in [0, 0.1) is 0 Å². The van der Waals surface area contributed by atoms with Crippen molar-refractivity contribution in [2.75, 3.05) is 0 Å². The lowest BCUT2D eigenvalue weighted by Gasteiger charge is -2.34. The number of fused-ring (bicyclic) bond motifs is 6. The molecule has 1 aliphatic heterocycles. The largest absolute Gasteiger partial charge is 0.361 e. The number of aliphatic imine (C=N–C) groups is 1. The third-order valence-electron chi connectivity index (χ3n) is 9.61. The molecule has 0 bridgehead atoms. The number of aromatic nitrogens is 1. The van der Waals surface area contributed by atoms with Gasteiger partial charge < -0.3 is 9.88 Å². The van der Waals surface area contributed by atoms with Gasteiger partial charge in [-0.25, -0.2) is 4.99 Å². The van der Waals surface area contributed by atoms with Gasteiger partial charge in [0, 0.05) is 33.0 Å². The van der Waals surface area contributed by atoms with Crippen molar-refractivity contribution >= 4 is 44.0 Å². The van der Waals surface area contributed by atoms with Crippen LogP contribution in [0.5, 0.6) is 0 Å². The van der Waals surface area contributed by atoms with Crippen LogP contribution in [0.25, 0.3) is 49.4 Å². The lowest BCUT2D eigenvalue weighted by molar-refractivity contribution is 0.503. The van der Waals surface area contributed by atoms with Gasteiger partial charge in [0.15, 0.2) is 0 Å². The lowest BCUT2D eigenvalue weighted by Crippen LogP contribution is -2.40. The van der Waals surface area contributed by atoms with E-state index < -0.39 is 0 Å². The van der Waals surface area contributed by atoms with Crippen molar-refractivity contribution < 1.29 is 0 Å². The lowest BCUT2D eigenvalue weighted by atomic mass is 9.84. The average Bonchev–Trinajstić information content (AvgIpc) is 3.51. The summed E-state index contributed by atoms with van der Waals surface area (Å²) >= 11 is 0. The van der Waals surface area contributed by atoms with E-state index in [-0.39, 0.29) is 11.6 Å². The van der Waals surface area contributed by atoms with Gasteiger partial charge in [0.2, 0.25) is 0 Å². The topological polar surface area (TPSA) is 29.3 Å². The number of allylic oxidation sites excluding steroid dienone is 1. The Hall–Kier alpha value is -5.41. The molecule has 1 unspecified atom stereocenters. The third kappa shape index (κ3) is 3.59. The molecule has 1 N–H and O–H groups in total. The second-order valence-corrected chi connectivity index (χ2v) is 12.5. The van der Waals surface area contributed by atoms with Crippen molar-refractivity contribution in [1.82, 2.24) is 9.88 Å². The first kappa shape index (κ1) is 25.1. The van der Waals surface area contributed by atoms with Crippen LogP contribution in [-0.2, 0) is 5.41 Å². The number of hydrogen-bond acceptors (Lipinski definition) is 2. The Bertz CT molecular complexity index is 2320. The first-order valence-electron chi connectivity index (χ1n) is 15.3. The molecule has 0 spiro atoms. The predicted octanol–water partition coefficient (Wildman–Crippen LogP) is 9.87. The van der Waals surface area contributed by atoms with Gasteiger partial charge in [0.05, 0.1) is 22.4 Å². The summed E-state index contributed by atoms with van der Waals surface area (Å²) < 4.78 is 2.48. The molecule has 9 rings (SSSR count). The predicted molar refractivity (Wildman–Crippen MR) is 184 cm³/mol. The van der Waals surface area contributed by atoms with Gasteiger partial charge in [0.25, 0.3) is 0 Å². The van der Waals surface area contributed by atoms with E-state index in [1.807, 2.05) is 0 Å². The van der Waals surface area contributed by atoms with Crippen molar-refractivity contribution in [3.8, 4) is 11.1 Å². The van der Waals surface area contributed by atoms with E-state index in [1.165, 1.54) is 60.5 Å². The molecule has 6 aromatic carbocycles. The fraction of sp³-hybridized carbons (Fsp3) is 0.0976. The van der Waals surface area contributed by atoms with Gasteiger partial charge in [-0.3, -0.25) is 0 Å². The Kier molecular flexibility index (Phi) is 5.31. The highest BCUT2D eigenvalue weighted by molar-refractivity contribution is 6.15. The Morgan fingerprint density at radius 2 is 1.23 bits per heavy atom. The van der Waals surface area contributed by atoms with E-state index in [0.29, 0.717) is 0 Å². The van der Waals surface area contributed by atoms with Crippen LogP contribution in [0.15, 0.2) is 150 Å². The number of para-hydroxylation sites is 1. The number of benzene rings is 6. The maximum Gasteiger partial charge on any atom is 0.148 e. The second kappa shape index (κ2) is 9.29. The summed E-state index contributed by atoms with van der Waals surface area (Å²) in [7, 11) is 0. The van der Waals surface area contributed by atoms with Crippen molar-refractivity contribution in [1.29, 1.82) is 0 Å². The van der Waals surface area contributed by atoms with Crippen LogP contribution < -0.4 is 5.32 Å². The summed E-state index contributed by atoms with van der Waals surface area (Å²) in [5.41, 5.74) is 11.5. The summed E-state index contributed by atoms with van der Waals surface area (Å²) in [5, 5.41) is 9.09. The van der Waals surface area contributed by atoms with Gasteiger partial charge in [-0.15, -0.1) is 0 Å². The second-order valence-electron chi connectivity index (χ2n) is 12.5. The molecular formula is C41H31N3. The summed E-state index contributed by atoms with van der Waals surface area (Å²) in [5.74, 6) is 0. The number of rotatable bonds is 3. The van der Waals surface area contributed by atoms with E-state index in [9.17, 15) is 0 Å². The molecule has 210 valence electrons. The highest BCUT2D eigenvalue weighted by atomic mass is 15.2. The van der Waals surface area contributed by atoms with Crippen LogP contribution in [0.2, 0.25) is 0 Å². The van der Waals surface area contributed by atoms with Crippen LogP contribution >= 0.6 is 0 Å². The molecular weight excluding hydrogens is 534 g/mol. The highest BCUT2D eigenvalue weighted by Crippen LogP contribution is 2.49. The molecule has 3 heteroatoms. The standard InChI is InChI=1S/C41H31N3/c1-41(2)34-18-10-8-17-32(34)38-39(41)43-40(37(42-38)28-22-20-27(21-23-28)26-12-4-3-5-13-26)44-35-19-11-9-16-31(35)33-24-29-14-6-7-15-30(29)25-36(33)44/h3-25,40,43H,1-2H3. The Morgan fingerprint density at radius 1 is 0.591 bits per heavy atom. The van der Waals surface area contributed by atoms with E-state index in [2.05, 4.69) is 163 Å². The first-order chi connectivity index (χ1) is 21.6. The van der Waals surface area contributed by atoms with Crippen molar-refractivity contribution in [2.24, 2.45) is 4.99 Å². The maximum absolute atomic E-state index is 5.58. The minimum atomic E-state index is -0.200. The van der Waals surface area contributed by atoms with Crippen LogP contribution in [0.1, 0.15) is 36.7 Å². The van der Waals surface area contributed by atoms with Crippen LogP contribution in [0.4, 0.5) is 0 Å². The molecule has 1 atom stereocenters. The molecule has 1 aliphatic carbocycles. The molecule has 0 saturated carbocycles. The Labute approximate surface area is 256 Å².